The van der Waals surface area contributed by atoms with Crippen molar-refractivity contribution in [3.05, 3.63) is 35.4 Å². The number of sulfone groups is 1. The third-order valence-electron chi connectivity index (χ3n) is 7.18. The van der Waals surface area contributed by atoms with Crippen molar-refractivity contribution in [1.82, 2.24) is 0 Å². The first-order chi connectivity index (χ1) is 14.9. The second kappa shape index (κ2) is 12.2. The fraction of sp³-hybridized carbons (Fsp3) is 0.793. The summed E-state index contributed by atoms with van der Waals surface area (Å²) in [6.07, 6.45) is 4.21. The topological polar surface area (TPSA) is 43.4 Å². The van der Waals surface area contributed by atoms with E-state index in [-0.39, 0.29) is 10.8 Å². The molecule has 0 radical (unpaired) electrons. The Bertz CT molecular complexity index is 784. The summed E-state index contributed by atoms with van der Waals surface area (Å²) in [5.74, 6) is 2.26. The van der Waals surface area contributed by atoms with E-state index in [1.165, 1.54) is 24.0 Å². The first-order valence-electron chi connectivity index (χ1n) is 12.8. The van der Waals surface area contributed by atoms with E-state index in [0.29, 0.717) is 22.8 Å². The van der Waals surface area contributed by atoms with Gasteiger partial charge in [0.2, 0.25) is 0 Å². The van der Waals surface area contributed by atoms with Gasteiger partial charge in [0.1, 0.15) is 9.84 Å². The Kier molecular flexibility index (Phi) is 11.2. The van der Waals surface area contributed by atoms with Crippen molar-refractivity contribution in [2.45, 2.75) is 100 Å². The van der Waals surface area contributed by atoms with E-state index in [2.05, 4.69) is 93.5 Å². The van der Waals surface area contributed by atoms with Crippen LogP contribution in [0, 0.1) is 29.6 Å². The molecule has 3 nitrogen and oxygen atoms in total. The van der Waals surface area contributed by atoms with E-state index >= 15 is 0 Å². The molecule has 0 bridgehead atoms. The maximum atomic E-state index is 11.1. The van der Waals surface area contributed by atoms with Gasteiger partial charge in [0.15, 0.2) is 0 Å². The second-order valence-corrected chi connectivity index (χ2v) is 15.4. The SMILES string of the molecule is CC(C)(C)C1CCOCC1.CC(C)(C)C1CCS(=O)(=O)CC1.Cc1ccccc1C(C)(C)C. The average molecular weight is 481 g/mol. The summed E-state index contributed by atoms with van der Waals surface area (Å²) < 4.78 is 27.5. The molecule has 192 valence electrons. The molecular formula is C29H52O3S. The lowest BCUT2D eigenvalue weighted by molar-refractivity contribution is 0.0286. The minimum atomic E-state index is -2.68. The molecule has 0 aromatic heterocycles. The molecule has 2 heterocycles. The third kappa shape index (κ3) is 11.4. The molecule has 3 rings (SSSR count). The molecule has 2 fully saturated rings. The molecule has 1 aromatic carbocycles. The highest BCUT2D eigenvalue weighted by atomic mass is 32.2. The van der Waals surface area contributed by atoms with Crippen LogP contribution in [0.25, 0.3) is 0 Å². The van der Waals surface area contributed by atoms with Gasteiger partial charge in [0, 0.05) is 13.2 Å². The van der Waals surface area contributed by atoms with Crippen LogP contribution in [0.2, 0.25) is 0 Å². The van der Waals surface area contributed by atoms with Crippen LogP contribution in [0.3, 0.4) is 0 Å². The van der Waals surface area contributed by atoms with Crippen LogP contribution in [0.4, 0.5) is 0 Å². The van der Waals surface area contributed by atoms with Gasteiger partial charge in [-0.25, -0.2) is 8.42 Å². The summed E-state index contributed by atoms with van der Waals surface area (Å²) in [5, 5.41) is 0. The number of ether oxygens (including phenoxy) is 1. The molecule has 2 aliphatic heterocycles. The lowest BCUT2D eigenvalue weighted by atomic mass is 9.76. The monoisotopic (exact) mass is 480 g/mol. The van der Waals surface area contributed by atoms with E-state index < -0.39 is 9.84 Å². The Hall–Kier alpha value is -0.870. The minimum absolute atomic E-state index is 0.274. The standard InChI is InChI=1S/C11H16.C9H18O2S.C9H18O/c1-9-7-5-6-8-10(9)11(2,3)4;1-9(2,3)8-4-6-12(10,11)7-5-8;1-9(2,3)8-4-6-10-7-5-8/h5-8H,1-4H3;8H,4-7H2,1-3H3;8H,4-7H2,1-3H3. The number of rotatable bonds is 0. The van der Waals surface area contributed by atoms with E-state index in [1.54, 1.807) is 0 Å². The Labute approximate surface area is 206 Å². The van der Waals surface area contributed by atoms with Gasteiger partial charge >= 0.3 is 0 Å². The summed E-state index contributed by atoms with van der Waals surface area (Å²) in [6.45, 7) is 24.4. The Morgan fingerprint density at radius 3 is 1.48 bits per heavy atom. The molecule has 0 atom stereocenters. The molecule has 2 saturated heterocycles. The molecule has 4 heteroatoms. The van der Waals surface area contributed by atoms with Gasteiger partial charge in [-0.05, 0) is 71.8 Å². The van der Waals surface area contributed by atoms with E-state index in [0.717, 1.165) is 32.0 Å². The van der Waals surface area contributed by atoms with Crippen molar-refractivity contribution in [2.24, 2.45) is 22.7 Å². The fourth-order valence-electron chi connectivity index (χ4n) is 4.73. The van der Waals surface area contributed by atoms with Crippen LogP contribution in [-0.4, -0.2) is 33.1 Å². The van der Waals surface area contributed by atoms with Crippen molar-refractivity contribution in [3.63, 3.8) is 0 Å². The molecule has 0 amide bonds. The molecule has 0 spiro atoms. The zero-order chi connectivity index (χ0) is 25.5. The normalized spacial score (nSPS) is 20.2. The van der Waals surface area contributed by atoms with Crippen LogP contribution in [0.5, 0.6) is 0 Å². The minimum Gasteiger partial charge on any atom is -0.381 e. The molecule has 0 unspecified atom stereocenters. The number of aryl methyl sites for hydroxylation is 1. The molecule has 0 N–H and O–H groups in total. The zero-order valence-electron chi connectivity index (χ0n) is 23.3. The summed E-state index contributed by atoms with van der Waals surface area (Å²) in [6, 6.07) is 8.56. The van der Waals surface area contributed by atoms with Gasteiger partial charge < -0.3 is 4.74 Å². The average Bonchev–Trinajstić information content (AvgIpc) is 2.67. The van der Waals surface area contributed by atoms with Gasteiger partial charge in [-0.2, -0.15) is 0 Å². The van der Waals surface area contributed by atoms with E-state index in [4.69, 9.17) is 4.74 Å². The highest BCUT2D eigenvalue weighted by molar-refractivity contribution is 7.91. The van der Waals surface area contributed by atoms with Crippen molar-refractivity contribution in [3.8, 4) is 0 Å². The van der Waals surface area contributed by atoms with E-state index in [9.17, 15) is 8.42 Å². The Balaban J connectivity index is 0.000000249. The van der Waals surface area contributed by atoms with Crippen LogP contribution in [-0.2, 0) is 20.0 Å². The maximum absolute atomic E-state index is 11.1. The van der Waals surface area contributed by atoms with Crippen LogP contribution >= 0.6 is 0 Å². The number of benzene rings is 1. The molecule has 33 heavy (non-hydrogen) atoms. The van der Waals surface area contributed by atoms with Crippen molar-refractivity contribution in [1.29, 1.82) is 0 Å². The second-order valence-electron chi connectivity index (χ2n) is 13.1. The quantitative estimate of drug-likeness (QED) is 0.384. The van der Waals surface area contributed by atoms with Crippen LogP contribution in [0.1, 0.15) is 99.1 Å². The lowest BCUT2D eigenvalue weighted by Crippen LogP contribution is -2.31. The first-order valence-corrected chi connectivity index (χ1v) is 14.6. The van der Waals surface area contributed by atoms with Gasteiger partial charge in [-0.3, -0.25) is 0 Å². The van der Waals surface area contributed by atoms with Crippen molar-refractivity contribution in [2.75, 3.05) is 24.7 Å². The Morgan fingerprint density at radius 2 is 1.15 bits per heavy atom. The van der Waals surface area contributed by atoms with Crippen molar-refractivity contribution >= 4 is 9.84 Å². The summed E-state index contributed by atoms with van der Waals surface area (Å²) in [5.41, 5.74) is 3.88. The third-order valence-corrected chi connectivity index (χ3v) is 8.89. The van der Waals surface area contributed by atoms with Crippen molar-refractivity contribution < 1.29 is 13.2 Å². The highest BCUT2D eigenvalue weighted by Crippen LogP contribution is 2.35. The molecule has 2 aliphatic rings. The summed E-state index contributed by atoms with van der Waals surface area (Å²) in [7, 11) is -2.68. The lowest BCUT2D eigenvalue weighted by Gasteiger charge is -2.33. The largest absolute Gasteiger partial charge is 0.381 e. The maximum Gasteiger partial charge on any atom is 0.150 e. The summed E-state index contributed by atoms with van der Waals surface area (Å²) in [4.78, 5) is 0. The van der Waals surface area contributed by atoms with Gasteiger partial charge in [0.25, 0.3) is 0 Å². The summed E-state index contributed by atoms with van der Waals surface area (Å²) >= 11 is 0. The zero-order valence-corrected chi connectivity index (χ0v) is 24.1. The number of hydrogen-bond donors (Lipinski definition) is 0. The fourth-order valence-corrected chi connectivity index (χ4v) is 6.23. The molecule has 1 aromatic rings. The van der Waals surface area contributed by atoms with Gasteiger partial charge in [-0.1, -0.05) is 86.6 Å². The van der Waals surface area contributed by atoms with Crippen LogP contribution < -0.4 is 0 Å². The smallest absolute Gasteiger partial charge is 0.150 e. The molecule has 0 aliphatic carbocycles. The van der Waals surface area contributed by atoms with Gasteiger partial charge in [0.05, 0.1) is 11.5 Å². The van der Waals surface area contributed by atoms with E-state index in [1.807, 2.05) is 0 Å². The van der Waals surface area contributed by atoms with Gasteiger partial charge in [-0.15, -0.1) is 0 Å². The highest BCUT2D eigenvalue weighted by Gasteiger charge is 2.31. The first kappa shape index (κ1) is 30.2. The molecule has 0 saturated carbocycles. The predicted octanol–water partition coefficient (Wildman–Crippen LogP) is 7.61. The number of hydrogen-bond acceptors (Lipinski definition) is 3. The molecular weight excluding hydrogens is 428 g/mol. The van der Waals surface area contributed by atoms with Crippen LogP contribution in [0.15, 0.2) is 24.3 Å². The predicted molar refractivity (Wildman–Crippen MR) is 144 cm³/mol. The Morgan fingerprint density at radius 1 is 0.727 bits per heavy atom.